The minimum absolute atomic E-state index is 0.127. The van der Waals surface area contributed by atoms with Crippen molar-refractivity contribution in [3.63, 3.8) is 0 Å². The third-order valence-electron chi connectivity index (χ3n) is 7.52. The van der Waals surface area contributed by atoms with Crippen molar-refractivity contribution >= 4 is 6.21 Å². The molecule has 4 aromatic rings. The van der Waals surface area contributed by atoms with Crippen LogP contribution in [0.1, 0.15) is 30.4 Å². The van der Waals surface area contributed by atoms with Crippen molar-refractivity contribution in [2.24, 2.45) is 10.9 Å². The molecular weight excluding hydrogens is 516 g/mol. The van der Waals surface area contributed by atoms with Crippen molar-refractivity contribution < 1.29 is 31.1 Å². The topological polar surface area (TPSA) is 21.6 Å². The molecule has 2 aliphatic rings. The maximum Gasteiger partial charge on any atom is 0.426 e. The van der Waals surface area contributed by atoms with Gasteiger partial charge in [0.05, 0.1) is 11.1 Å². The Balaban J connectivity index is 1.19. The smallest absolute Gasteiger partial charge is 0.426 e. The predicted molar refractivity (Wildman–Crippen MR) is 136 cm³/mol. The van der Waals surface area contributed by atoms with Crippen molar-refractivity contribution in [2.45, 2.75) is 30.9 Å². The summed E-state index contributed by atoms with van der Waals surface area (Å²) < 4.78 is 88.6. The molecule has 0 N–H and O–H groups in total. The summed E-state index contributed by atoms with van der Waals surface area (Å²) in [6.45, 7) is 0. The Morgan fingerprint density at radius 3 is 1.95 bits per heavy atom. The summed E-state index contributed by atoms with van der Waals surface area (Å²) in [6, 6.07) is 18.0. The summed E-state index contributed by atoms with van der Waals surface area (Å²) in [5.41, 5.74) is 2.49. The molecule has 1 fully saturated rings. The molecule has 1 aliphatic carbocycles. The Labute approximate surface area is 220 Å². The number of alkyl halides is 2. The van der Waals surface area contributed by atoms with Crippen LogP contribution in [0.5, 0.6) is 5.75 Å². The van der Waals surface area contributed by atoms with Crippen LogP contribution >= 0.6 is 0 Å². The molecular formula is C31H21F6NO. The van der Waals surface area contributed by atoms with Gasteiger partial charge in [-0.3, -0.25) is 4.99 Å². The molecule has 1 heterocycles. The second-order valence-electron chi connectivity index (χ2n) is 9.98. The number of nitrogens with zero attached hydrogens (tertiary/aromatic N) is 1. The largest absolute Gasteiger partial charge is 0.429 e. The van der Waals surface area contributed by atoms with E-state index in [0.29, 0.717) is 29.2 Å². The third kappa shape index (κ3) is 4.58. The van der Waals surface area contributed by atoms with Gasteiger partial charge in [-0.25, -0.2) is 17.6 Å². The Hall–Kier alpha value is -4.07. The first kappa shape index (κ1) is 25.2. The molecule has 198 valence electrons. The van der Waals surface area contributed by atoms with Crippen molar-refractivity contribution in [2.75, 3.05) is 0 Å². The maximum atomic E-state index is 15.1. The highest BCUT2D eigenvalue weighted by Crippen LogP contribution is 2.49. The number of aliphatic imine (C=N–C) groups is 1. The molecule has 0 amide bonds. The van der Waals surface area contributed by atoms with Crippen LogP contribution in [0, 0.1) is 29.2 Å². The van der Waals surface area contributed by atoms with Gasteiger partial charge < -0.3 is 4.74 Å². The monoisotopic (exact) mass is 537 g/mol. The molecule has 1 saturated carbocycles. The molecule has 0 saturated heterocycles. The van der Waals surface area contributed by atoms with E-state index in [4.69, 9.17) is 4.99 Å². The minimum Gasteiger partial charge on any atom is -0.429 e. The molecule has 0 spiro atoms. The minimum atomic E-state index is -3.98. The van der Waals surface area contributed by atoms with Crippen LogP contribution in [-0.4, -0.2) is 6.21 Å². The number of hydrogen-bond acceptors (Lipinski definition) is 2. The first-order chi connectivity index (χ1) is 18.6. The van der Waals surface area contributed by atoms with E-state index < -0.39 is 40.7 Å². The fourth-order valence-electron chi connectivity index (χ4n) is 5.43. The molecule has 1 aliphatic heterocycles. The van der Waals surface area contributed by atoms with Crippen LogP contribution in [0.3, 0.4) is 0 Å². The van der Waals surface area contributed by atoms with Crippen LogP contribution < -0.4 is 4.74 Å². The van der Waals surface area contributed by atoms with Gasteiger partial charge in [0.1, 0.15) is 11.6 Å². The van der Waals surface area contributed by atoms with Gasteiger partial charge in [0, 0.05) is 23.9 Å². The number of benzene rings is 4. The quantitative estimate of drug-likeness (QED) is 0.178. The van der Waals surface area contributed by atoms with Gasteiger partial charge in [0.15, 0.2) is 17.5 Å². The zero-order valence-corrected chi connectivity index (χ0v) is 20.4. The Bertz CT molecular complexity index is 1560. The van der Waals surface area contributed by atoms with Crippen LogP contribution in [0.2, 0.25) is 0 Å². The van der Waals surface area contributed by atoms with Crippen LogP contribution in [0.15, 0.2) is 83.9 Å². The van der Waals surface area contributed by atoms with Crippen molar-refractivity contribution in [3.05, 3.63) is 113 Å². The van der Waals surface area contributed by atoms with Gasteiger partial charge in [-0.05, 0) is 65.6 Å². The summed E-state index contributed by atoms with van der Waals surface area (Å²) in [7, 11) is 0. The van der Waals surface area contributed by atoms with E-state index in [2.05, 4.69) is 11.0 Å². The SMILES string of the molecule is Fc1cc(-c2ccc([C@@]34CCC(C=N3)C4)cc2)ccc1-c1ccc(C(F)(F)Oc2cc(F)c(F)c(F)c2)cc1. The average molecular weight is 538 g/mol. The Morgan fingerprint density at radius 2 is 1.38 bits per heavy atom. The van der Waals surface area contributed by atoms with E-state index in [1.54, 1.807) is 12.1 Å². The Kier molecular flexibility index (Phi) is 6.01. The highest BCUT2D eigenvalue weighted by Gasteiger charge is 2.43. The number of rotatable bonds is 6. The highest BCUT2D eigenvalue weighted by atomic mass is 19.3. The molecule has 0 radical (unpaired) electrons. The standard InChI is InChI=1S/C31H21F6NO/c32-26-13-21(19-1-6-22(7-2-19)30-12-11-18(16-30)17-38-30)5-10-25(26)20-3-8-23(9-4-20)31(36,37)39-24-14-27(33)29(35)28(34)15-24/h1-10,13-15,17-18H,11-12,16H2/t18?,30-/m0/s1. The lowest BCUT2D eigenvalue weighted by molar-refractivity contribution is -0.185. The van der Waals surface area contributed by atoms with Gasteiger partial charge in [0.2, 0.25) is 0 Å². The summed E-state index contributed by atoms with van der Waals surface area (Å²) >= 11 is 0. The van der Waals surface area contributed by atoms with Crippen molar-refractivity contribution in [1.82, 2.24) is 0 Å². The zero-order valence-electron chi connectivity index (χ0n) is 20.4. The van der Waals surface area contributed by atoms with E-state index in [1.807, 2.05) is 24.3 Å². The lowest BCUT2D eigenvalue weighted by Gasteiger charge is -2.23. The van der Waals surface area contributed by atoms with E-state index >= 15 is 4.39 Å². The fourth-order valence-corrected chi connectivity index (χ4v) is 5.43. The molecule has 2 atom stereocenters. The van der Waals surface area contributed by atoms with Gasteiger partial charge in [-0.1, -0.05) is 48.5 Å². The van der Waals surface area contributed by atoms with E-state index in [0.717, 1.165) is 42.5 Å². The van der Waals surface area contributed by atoms with Crippen LogP contribution in [0.4, 0.5) is 26.3 Å². The number of hydrogen-bond donors (Lipinski definition) is 0. The van der Waals surface area contributed by atoms with Crippen molar-refractivity contribution in [3.8, 4) is 28.0 Å². The third-order valence-corrected chi connectivity index (χ3v) is 7.52. The molecule has 39 heavy (non-hydrogen) atoms. The highest BCUT2D eigenvalue weighted by molar-refractivity contribution is 5.72. The first-order valence-electron chi connectivity index (χ1n) is 12.4. The number of fused-ring (bicyclic) bond motifs is 2. The molecule has 8 heteroatoms. The molecule has 0 aromatic heterocycles. The second kappa shape index (κ2) is 9.29. The summed E-state index contributed by atoms with van der Waals surface area (Å²) in [6.07, 6.45) is 1.30. The van der Waals surface area contributed by atoms with E-state index in [9.17, 15) is 22.0 Å². The van der Waals surface area contributed by atoms with Gasteiger partial charge in [-0.2, -0.15) is 8.78 Å². The van der Waals surface area contributed by atoms with Crippen LogP contribution in [-0.2, 0) is 11.6 Å². The summed E-state index contributed by atoms with van der Waals surface area (Å²) in [5, 5.41) is 0. The fraction of sp³-hybridized carbons (Fsp3) is 0.194. The maximum absolute atomic E-state index is 15.1. The van der Waals surface area contributed by atoms with Gasteiger partial charge in [0.25, 0.3) is 0 Å². The molecule has 6 rings (SSSR count). The van der Waals surface area contributed by atoms with E-state index in [1.165, 1.54) is 18.2 Å². The number of ether oxygens (including phenoxy) is 1. The summed E-state index contributed by atoms with van der Waals surface area (Å²) in [4.78, 5) is 4.74. The lowest BCUT2D eigenvalue weighted by Crippen LogP contribution is -2.22. The van der Waals surface area contributed by atoms with Crippen molar-refractivity contribution in [1.29, 1.82) is 0 Å². The zero-order chi connectivity index (χ0) is 27.4. The van der Waals surface area contributed by atoms with E-state index in [-0.39, 0.29) is 11.1 Å². The molecule has 1 unspecified atom stereocenters. The first-order valence-corrected chi connectivity index (χ1v) is 12.4. The normalized spacial score (nSPS) is 20.0. The summed E-state index contributed by atoms with van der Waals surface area (Å²) in [5.74, 6) is -5.93. The van der Waals surface area contributed by atoms with Gasteiger partial charge in [-0.15, -0.1) is 0 Å². The van der Waals surface area contributed by atoms with Gasteiger partial charge >= 0.3 is 6.11 Å². The molecule has 2 bridgehead atoms. The van der Waals surface area contributed by atoms with Crippen LogP contribution in [0.25, 0.3) is 22.3 Å². The number of halogens is 6. The molecule has 4 aromatic carbocycles. The Morgan fingerprint density at radius 1 is 0.744 bits per heavy atom. The average Bonchev–Trinajstić information content (AvgIpc) is 3.55. The predicted octanol–water partition coefficient (Wildman–Crippen LogP) is 8.79. The lowest BCUT2D eigenvalue weighted by atomic mass is 9.88. The molecule has 2 nitrogen and oxygen atoms in total. The second-order valence-corrected chi connectivity index (χ2v) is 9.98.